The molecule has 0 saturated heterocycles. The molecule has 0 fully saturated rings. The lowest BCUT2D eigenvalue weighted by atomic mass is 9.97. The minimum absolute atomic E-state index is 0.0347. The van der Waals surface area contributed by atoms with E-state index in [2.05, 4.69) is 49.4 Å². The predicted molar refractivity (Wildman–Crippen MR) is 162 cm³/mol. The SMILES string of the molecule is CCCCc1nc(C)n(Cc2csc(-c3ccccc3)n2)c(=O)c1CCc1ccc(-c2ccccc2C#N)cc1. The number of rotatable bonds is 10. The predicted octanol–water partition coefficient (Wildman–Crippen LogP) is 7.39. The van der Waals surface area contributed by atoms with Gasteiger partial charge in [-0.25, -0.2) is 9.97 Å². The monoisotopic (exact) mass is 544 g/mol. The number of aryl methyl sites for hydroxylation is 3. The molecule has 5 rings (SSSR count). The molecule has 5 nitrogen and oxygen atoms in total. The van der Waals surface area contributed by atoms with E-state index < -0.39 is 0 Å². The zero-order valence-corrected chi connectivity index (χ0v) is 23.7. The Morgan fingerprint density at radius 3 is 2.38 bits per heavy atom. The fourth-order valence-electron chi connectivity index (χ4n) is 4.95. The Balaban J connectivity index is 1.39. The molecular weight excluding hydrogens is 512 g/mol. The molecule has 0 atom stereocenters. The van der Waals surface area contributed by atoms with Gasteiger partial charge >= 0.3 is 0 Å². The first-order valence-corrected chi connectivity index (χ1v) is 14.6. The average molecular weight is 545 g/mol. The number of nitriles is 1. The Morgan fingerprint density at radius 2 is 1.62 bits per heavy atom. The number of hydrogen-bond acceptors (Lipinski definition) is 5. The van der Waals surface area contributed by atoms with Crippen molar-refractivity contribution in [1.82, 2.24) is 14.5 Å². The molecule has 0 aliphatic carbocycles. The highest BCUT2D eigenvalue weighted by Crippen LogP contribution is 2.25. The molecule has 0 spiro atoms. The van der Waals surface area contributed by atoms with Crippen molar-refractivity contribution in [3.63, 3.8) is 0 Å². The van der Waals surface area contributed by atoms with Crippen LogP contribution in [0.15, 0.2) is 89.0 Å². The Bertz CT molecular complexity index is 1700. The van der Waals surface area contributed by atoms with Gasteiger partial charge in [0.1, 0.15) is 10.8 Å². The van der Waals surface area contributed by atoms with Gasteiger partial charge in [-0.2, -0.15) is 5.26 Å². The molecule has 6 heteroatoms. The van der Waals surface area contributed by atoms with Crippen LogP contribution in [0.1, 0.15) is 53.7 Å². The van der Waals surface area contributed by atoms with Gasteiger partial charge in [0.05, 0.1) is 29.6 Å². The van der Waals surface area contributed by atoms with Gasteiger partial charge in [0, 0.05) is 16.5 Å². The Hall–Kier alpha value is -4.34. The lowest BCUT2D eigenvalue weighted by Crippen LogP contribution is -2.30. The van der Waals surface area contributed by atoms with Crippen molar-refractivity contribution >= 4 is 11.3 Å². The molecule has 0 bridgehead atoms. The van der Waals surface area contributed by atoms with Gasteiger partial charge in [-0.05, 0) is 55.4 Å². The van der Waals surface area contributed by atoms with Gasteiger partial charge in [0.15, 0.2) is 0 Å². The van der Waals surface area contributed by atoms with E-state index in [4.69, 9.17) is 9.97 Å². The molecule has 3 aromatic carbocycles. The van der Waals surface area contributed by atoms with Crippen LogP contribution in [0, 0.1) is 18.3 Å². The summed E-state index contributed by atoms with van der Waals surface area (Å²) in [5.41, 5.74) is 7.47. The first kappa shape index (κ1) is 27.2. The molecule has 0 radical (unpaired) electrons. The van der Waals surface area contributed by atoms with Crippen LogP contribution >= 0.6 is 11.3 Å². The molecule has 0 aliphatic heterocycles. The average Bonchev–Trinajstić information content (AvgIpc) is 3.47. The van der Waals surface area contributed by atoms with E-state index in [1.807, 2.05) is 54.8 Å². The van der Waals surface area contributed by atoms with Crippen LogP contribution in [0.4, 0.5) is 0 Å². The van der Waals surface area contributed by atoms with E-state index in [1.54, 1.807) is 15.9 Å². The van der Waals surface area contributed by atoms with Crippen molar-refractivity contribution in [2.45, 2.75) is 52.5 Å². The number of hydrogen-bond donors (Lipinski definition) is 0. The van der Waals surface area contributed by atoms with Crippen molar-refractivity contribution < 1.29 is 0 Å². The first-order valence-electron chi connectivity index (χ1n) is 13.7. The maximum absolute atomic E-state index is 13.9. The first-order chi connectivity index (χ1) is 19.6. The Morgan fingerprint density at radius 1 is 0.875 bits per heavy atom. The zero-order valence-electron chi connectivity index (χ0n) is 22.9. The molecule has 200 valence electrons. The maximum Gasteiger partial charge on any atom is 0.257 e. The van der Waals surface area contributed by atoms with Crippen molar-refractivity contribution in [3.05, 3.63) is 128 Å². The standard InChI is InChI=1S/C34H32N4OS/c1-3-4-14-32-31(20-17-25-15-18-26(19-16-25)30-13-9-8-12-28(30)21-35)34(39)38(24(2)36-32)22-29-23-40-33(37-29)27-10-6-5-7-11-27/h5-13,15-16,18-19,23H,3-4,14,17,20,22H2,1-2H3. The van der Waals surface area contributed by atoms with Crippen LogP contribution in [0.3, 0.4) is 0 Å². The van der Waals surface area contributed by atoms with E-state index in [0.717, 1.165) is 75.7 Å². The van der Waals surface area contributed by atoms with E-state index in [1.165, 1.54) is 0 Å². The molecule has 2 heterocycles. The fourth-order valence-corrected chi connectivity index (χ4v) is 5.77. The molecule has 0 saturated carbocycles. The molecular formula is C34H32N4OS. The largest absolute Gasteiger partial charge is 0.291 e. The molecule has 5 aromatic rings. The lowest BCUT2D eigenvalue weighted by Gasteiger charge is -2.15. The second kappa shape index (κ2) is 12.7. The number of thiazole rings is 1. The number of unbranched alkanes of at least 4 members (excludes halogenated alkanes) is 1. The topological polar surface area (TPSA) is 71.6 Å². The summed E-state index contributed by atoms with van der Waals surface area (Å²) >= 11 is 1.60. The second-order valence-electron chi connectivity index (χ2n) is 9.94. The summed E-state index contributed by atoms with van der Waals surface area (Å²) in [7, 11) is 0. The summed E-state index contributed by atoms with van der Waals surface area (Å²) in [4.78, 5) is 23.6. The van der Waals surface area contributed by atoms with Crippen LogP contribution in [0.2, 0.25) is 0 Å². The van der Waals surface area contributed by atoms with Crippen molar-refractivity contribution in [2.75, 3.05) is 0 Å². The van der Waals surface area contributed by atoms with Crippen LogP contribution in [-0.4, -0.2) is 14.5 Å². The molecule has 0 unspecified atom stereocenters. The number of benzene rings is 3. The molecule has 0 N–H and O–H groups in total. The van der Waals surface area contributed by atoms with Gasteiger partial charge < -0.3 is 0 Å². The van der Waals surface area contributed by atoms with Gasteiger partial charge in [0.2, 0.25) is 0 Å². The summed E-state index contributed by atoms with van der Waals surface area (Å²) < 4.78 is 1.77. The van der Waals surface area contributed by atoms with Crippen molar-refractivity contribution in [3.8, 4) is 27.8 Å². The van der Waals surface area contributed by atoms with Crippen LogP contribution in [0.5, 0.6) is 0 Å². The van der Waals surface area contributed by atoms with Gasteiger partial charge in [-0.3, -0.25) is 9.36 Å². The summed E-state index contributed by atoms with van der Waals surface area (Å²) in [5.74, 6) is 0.731. The zero-order chi connectivity index (χ0) is 27.9. The third-order valence-corrected chi connectivity index (χ3v) is 8.12. The summed E-state index contributed by atoms with van der Waals surface area (Å²) in [6, 6.07) is 28.3. The van der Waals surface area contributed by atoms with Crippen LogP contribution < -0.4 is 5.56 Å². The molecule has 0 amide bonds. The highest BCUT2D eigenvalue weighted by Gasteiger charge is 2.16. The Kier molecular flexibility index (Phi) is 8.63. The van der Waals surface area contributed by atoms with E-state index in [-0.39, 0.29) is 5.56 Å². The molecule has 2 aromatic heterocycles. The van der Waals surface area contributed by atoms with Gasteiger partial charge in [0.25, 0.3) is 5.56 Å². The van der Waals surface area contributed by atoms with Crippen molar-refractivity contribution in [2.24, 2.45) is 0 Å². The normalized spacial score (nSPS) is 10.9. The smallest absolute Gasteiger partial charge is 0.257 e. The van der Waals surface area contributed by atoms with Gasteiger partial charge in [-0.15, -0.1) is 11.3 Å². The van der Waals surface area contributed by atoms with E-state index in [9.17, 15) is 10.1 Å². The van der Waals surface area contributed by atoms with Crippen LogP contribution in [0.25, 0.3) is 21.7 Å². The van der Waals surface area contributed by atoms with E-state index in [0.29, 0.717) is 18.5 Å². The highest BCUT2D eigenvalue weighted by molar-refractivity contribution is 7.13. The van der Waals surface area contributed by atoms with Crippen LogP contribution in [-0.2, 0) is 25.8 Å². The highest BCUT2D eigenvalue weighted by atomic mass is 32.1. The minimum atomic E-state index is 0.0347. The maximum atomic E-state index is 13.9. The third-order valence-electron chi connectivity index (χ3n) is 7.17. The van der Waals surface area contributed by atoms with E-state index >= 15 is 0 Å². The minimum Gasteiger partial charge on any atom is -0.291 e. The molecule has 0 aliphatic rings. The second-order valence-corrected chi connectivity index (χ2v) is 10.8. The molecule has 40 heavy (non-hydrogen) atoms. The number of aromatic nitrogens is 3. The quantitative estimate of drug-likeness (QED) is 0.184. The van der Waals surface area contributed by atoms with Gasteiger partial charge in [-0.1, -0.05) is 86.1 Å². The summed E-state index contributed by atoms with van der Waals surface area (Å²) in [6.45, 7) is 4.49. The summed E-state index contributed by atoms with van der Waals surface area (Å²) in [6.07, 6.45) is 4.24. The fraction of sp³-hybridized carbons (Fsp3) is 0.235. The van der Waals surface area contributed by atoms with Crippen molar-refractivity contribution in [1.29, 1.82) is 5.26 Å². The summed E-state index contributed by atoms with van der Waals surface area (Å²) in [5, 5.41) is 12.4. The lowest BCUT2D eigenvalue weighted by molar-refractivity contribution is 0.649. The Labute approximate surface area is 239 Å². The third kappa shape index (κ3) is 6.11. The number of nitrogens with zero attached hydrogens (tertiary/aromatic N) is 4.